The Morgan fingerprint density at radius 2 is 2.00 bits per heavy atom. The number of aromatic nitrogens is 1. The van der Waals surface area contributed by atoms with E-state index in [0.717, 1.165) is 17.4 Å². The fraction of sp³-hybridized carbons (Fsp3) is 0.310. The first-order valence-corrected chi connectivity index (χ1v) is 14.6. The van der Waals surface area contributed by atoms with E-state index in [-0.39, 0.29) is 22.6 Å². The lowest BCUT2D eigenvalue weighted by atomic mass is 9.86. The molecule has 3 aromatic rings. The zero-order valence-electron chi connectivity index (χ0n) is 21.7. The van der Waals surface area contributed by atoms with Crippen molar-refractivity contribution in [3.63, 3.8) is 0 Å². The summed E-state index contributed by atoms with van der Waals surface area (Å²) >= 11 is 0. The Hall–Kier alpha value is -4.27. The molecule has 2 N–H and O–H groups in total. The molecule has 0 saturated heterocycles. The molecule has 2 aliphatic rings. The van der Waals surface area contributed by atoms with Gasteiger partial charge in [-0.15, -0.1) is 0 Å². The number of aliphatic carboxylic acids is 1. The molecule has 0 unspecified atom stereocenters. The number of amides is 1. The summed E-state index contributed by atoms with van der Waals surface area (Å²) < 4.78 is 29.5. The van der Waals surface area contributed by atoms with Crippen LogP contribution >= 0.6 is 0 Å². The maximum atomic E-state index is 13.6. The Kier molecular flexibility index (Phi) is 7.08. The Bertz CT molecular complexity index is 1650. The lowest BCUT2D eigenvalue weighted by Crippen LogP contribution is -2.33. The second-order valence-electron chi connectivity index (χ2n) is 10.2. The first-order chi connectivity index (χ1) is 19.0. The van der Waals surface area contributed by atoms with E-state index >= 15 is 0 Å². The molecular weight excluding hydrogens is 534 g/mol. The Balaban J connectivity index is 1.42. The Morgan fingerprint density at radius 3 is 2.67 bits per heavy atom. The number of benzene rings is 2. The number of pyridine rings is 1. The molecule has 0 bridgehead atoms. The predicted octanol–water partition coefficient (Wildman–Crippen LogP) is 3.89. The second-order valence-corrected chi connectivity index (χ2v) is 12.2. The number of nitrogens with zero attached hydrogens (tertiary/aromatic N) is 3. The number of hydroxylamine groups is 1. The van der Waals surface area contributed by atoms with Gasteiger partial charge >= 0.3 is 5.97 Å². The van der Waals surface area contributed by atoms with E-state index < -0.39 is 33.0 Å². The third kappa shape index (κ3) is 5.15. The van der Waals surface area contributed by atoms with Gasteiger partial charge in [0.25, 0.3) is 5.91 Å². The summed E-state index contributed by atoms with van der Waals surface area (Å²) in [4.78, 5) is 29.0. The van der Waals surface area contributed by atoms with Gasteiger partial charge in [-0.25, -0.2) is 8.42 Å². The maximum Gasteiger partial charge on any atom is 0.303 e. The topological polar surface area (TPSA) is 158 Å². The molecule has 1 aliphatic heterocycles. The summed E-state index contributed by atoms with van der Waals surface area (Å²) in [6, 6.07) is 15.3. The quantitative estimate of drug-likeness (QED) is 0.307. The van der Waals surface area contributed by atoms with Crippen molar-refractivity contribution >= 4 is 27.4 Å². The highest BCUT2D eigenvalue weighted by atomic mass is 32.2. The SMILES string of the molecule is CS(=O)(=O)c1ccc(-c2ccc3c(c2)[C@]2(CCO3)C[C@H]2C(=O)N(O)c2cc(C#N)ccc2CCCC(=O)O)nc1. The highest BCUT2D eigenvalue weighted by Crippen LogP contribution is 2.61. The summed E-state index contributed by atoms with van der Waals surface area (Å²) in [7, 11) is -3.38. The average Bonchev–Trinajstić information content (AvgIpc) is 3.66. The number of carboxylic acid groups (broad SMARTS) is 1. The lowest BCUT2D eigenvalue weighted by Gasteiger charge is -2.28. The molecule has 1 spiro atoms. The third-order valence-corrected chi connectivity index (χ3v) is 8.74. The largest absolute Gasteiger partial charge is 0.493 e. The minimum Gasteiger partial charge on any atom is -0.493 e. The zero-order valence-corrected chi connectivity index (χ0v) is 22.5. The summed E-state index contributed by atoms with van der Waals surface area (Å²) in [5.41, 5.74) is 2.60. The van der Waals surface area contributed by atoms with Crippen molar-refractivity contribution in [2.45, 2.75) is 42.4 Å². The first-order valence-electron chi connectivity index (χ1n) is 12.7. The Labute approximate surface area is 231 Å². The van der Waals surface area contributed by atoms with Crippen LogP contribution in [0.5, 0.6) is 5.75 Å². The minimum atomic E-state index is -3.38. The van der Waals surface area contributed by atoms with Gasteiger partial charge in [0.15, 0.2) is 9.84 Å². The molecule has 1 saturated carbocycles. The normalized spacial score (nSPS) is 19.3. The van der Waals surface area contributed by atoms with Gasteiger partial charge in [0.2, 0.25) is 0 Å². The Morgan fingerprint density at radius 1 is 1.20 bits per heavy atom. The molecule has 1 fully saturated rings. The van der Waals surface area contributed by atoms with Crippen LogP contribution in [0.15, 0.2) is 59.6 Å². The van der Waals surface area contributed by atoms with Gasteiger partial charge < -0.3 is 9.84 Å². The monoisotopic (exact) mass is 561 g/mol. The molecular formula is C29H27N3O7S. The van der Waals surface area contributed by atoms with Gasteiger partial charge in [-0.05, 0) is 73.7 Å². The number of aryl methyl sites for hydroxylation is 1. The van der Waals surface area contributed by atoms with E-state index in [9.17, 15) is 28.5 Å². The van der Waals surface area contributed by atoms with E-state index in [4.69, 9.17) is 9.84 Å². The molecule has 5 rings (SSSR count). The molecule has 2 aromatic carbocycles. The smallest absolute Gasteiger partial charge is 0.303 e. The number of hydrogen-bond acceptors (Lipinski definition) is 8. The van der Waals surface area contributed by atoms with Gasteiger partial charge in [0, 0.05) is 35.4 Å². The van der Waals surface area contributed by atoms with Gasteiger partial charge in [-0.3, -0.25) is 19.8 Å². The van der Waals surface area contributed by atoms with E-state index in [1.54, 1.807) is 18.2 Å². The number of carbonyl (C=O) groups is 2. The van der Waals surface area contributed by atoms with E-state index in [1.165, 1.54) is 18.3 Å². The molecule has 11 heteroatoms. The number of nitriles is 1. The van der Waals surface area contributed by atoms with Crippen LogP contribution < -0.4 is 9.80 Å². The number of hydrogen-bond donors (Lipinski definition) is 2. The van der Waals surface area contributed by atoms with Crippen LogP contribution in [0.25, 0.3) is 11.3 Å². The number of anilines is 1. The molecule has 10 nitrogen and oxygen atoms in total. The standard InChI is InChI=1S/C29H27N3O7S/c1-40(37,38)21-8-9-24(31-17-21)20-7-10-26-22(14-20)29(11-12-39-26)15-23(29)28(35)32(36)25-13-18(16-30)5-6-19(25)3-2-4-27(33)34/h5-10,13-14,17,23,36H,2-4,11-12,15H2,1H3,(H,33,34)/t23-,29-/m0/s1. The van der Waals surface area contributed by atoms with Crippen molar-refractivity contribution in [2.24, 2.45) is 5.92 Å². The number of sulfone groups is 1. The zero-order chi connectivity index (χ0) is 28.7. The highest BCUT2D eigenvalue weighted by molar-refractivity contribution is 7.90. The maximum absolute atomic E-state index is 13.6. The number of carboxylic acids is 1. The number of carbonyl (C=O) groups excluding carboxylic acids is 1. The van der Waals surface area contributed by atoms with Gasteiger partial charge in [-0.1, -0.05) is 6.07 Å². The summed E-state index contributed by atoms with van der Waals surface area (Å²) in [6.45, 7) is 0.410. The molecule has 40 heavy (non-hydrogen) atoms. The fourth-order valence-corrected chi connectivity index (χ4v) is 5.95. The van der Waals surface area contributed by atoms with Gasteiger partial charge in [0.1, 0.15) is 5.75 Å². The van der Waals surface area contributed by atoms with E-state index in [2.05, 4.69) is 4.98 Å². The average molecular weight is 562 g/mol. The summed E-state index contributed by atoms with van der Waals surface area (Å²) in [5.74, 6) is -1.34. The molecule has 0 radical (unpaired) electrons. The van der Waals surface area contributed by atoms with Crippen molar-refractivity contribution in [3.05, 3.63) is 71.4 Å². The second kappa shape index (κ2) is 10.4. The first kappa shape index (κ1) is 27.3. The highest BCUT2D eigenvalue weighted by Gasteiger charge is 2.62. The predicted molar refractivity (Wildman–Crippen MR) is 144 cm³/mol. The van der Waals surface area contributed by atoms with Crippen molar-refractivity contribution in [2.75, 3.05) is 17.9 Å². The third-order valence-electron chi connectivity index (χ3n) is 7.64. The molecule has 1 aliphatic carbocycles. The van der Waals surface area contributed by atoms with Gasteiger partial charge in [0.05, 0.1) is 40.4 Å². The molecule has 2 heterocycles. The van der Waals surface area contributed by atoms with Crippen LogP contribution in [0.1, 0.15) is 42.4 Å². The van der Waals surface area contributed by atoms with Crippen LogP contribution in [-0.2, 0) is 31.3 Å². The van der Waals surface area contributed by atoms with Crippen LogP contribution in [0.4, 0.5) is 5.69 Å². The summed E-state index contributed by atoms with van der Waals surface area (Å²) in [5, 5.41) is 30.0. The number of ether oxygens (including phenoxy) is 1. The van der Waals surface area contributed by atoms with Gasteiger partial charge in [-0.2, -0.15) is 10.3 Å². The number of rotatable bonds is 8. The van der Waals surface area contributed by atoms with Crippen LogP contribution in [0.2, 0.25) is 0 Å². The number of fused-ring (bicyclic) bond motifs is 2. The molecule has 2 atom stereocenters. The fourth-order valence-electron chi connectivity index (χ4n) is 5.39. The van der Waals surface area contributed by atoms with E-state index in [1.807, 2.05) is 24.3 Å². The lowest BCUT2D eigenvalue weighted by molar-refractivity contribution is -0.137. The van der Waals surface area contributed by atoms with Crippen LogP contribution in [-0.4, -0.2) is 48.5 Å². The van der Waals surface area contributed by atoms with Crippen LogP contribution in [0, 0.1) is 17.2 Å². The summed E-state index contributed by atoms with van der Waals surface area (Å²) in [6.07, 6.45) is 4.07. The van der Waals surface area contributed by atoms with Crippen molar-refractivity contribution in [1.29, 1.82) is 5.26 Å². The van der Waals surface area contributed by atoms with Crippen molar-refractivity contribution < 1.29 is 33.1 Å². The minimum absolute atomic E-state index is 0.0600. The van der Waals surface area contributed by atoms with Crippen LogP contribution in [0.3, 0.4) is 0 Å². The van der Waals surface area contributed by atoms with Crippen molar-refractivity contribution in [1.82, 2.24) is 4.98 Å². The molecule has 206 valence electrons. The molecule has 1 amide bonds. The van der Waals surface area contributed by atoms with Crippen molar-refractivity contribution in [3.8, 4) is 23.1 Å². The van der Waals surface area contributed by atoms with E-state index in [0.29, 0.717) is 54.4 Å². The molecule has 1 aromatic heterocycles.